The maximum absolute atomic E-state index is 10.2. The van der Waals surface area contributed by atoms with E-state index in [9.17, 15) is 9.59 Å². The van der Waals surface area contributed by atoms with Crippen molar-refractivity contribution < 1.29 is 67.9 Å². The Bertz CT molecular complexity index is 490. The van der Waals surface area contributed by atoms with Crippen LogP contribution in [0.2, 0.25) is 0 Å². The van der Waals surface area contributed by atoms with Gasteiger partial charge in [0.05, 0.1) is 50.8 Å². The fourth-order valence-electron chi connectivity index (χ4n) is 1.79. The second kappa shape index (κ2) is 53.7. The molecule has 0 spiro atoms. The maximum Gasteiger partial charge on any atom is 0.219 e. The molecule has 16 nitrogen and oxygen atoms in total. The summed E-state index contributed by atoms with van der Waals surface area (Å²) in [6.07, 6.45) is -2.28. The molecule has 46 heavy (non-hydrogen) atoms. The van der Waals surface area contributed by atoms with Crippen molar-refractivity contribution in [2.45, 2.75) is 37.3 Å². The summed E-state index contributed by atoms with van der Waals surface area (Å²) >= 11 is 0. The Morgan fingerprint density at radius 3 is 0.761 bits per heavy atom. The number of rotatable bonds is 22. The summed E-state index contributed by atoms with van der Waals surface area (Å²) in [5.74, 6) is -0.837. The van der Waals surface area contributed by atoms with Crippen molar-refractivity contribution >= 4 is 11.8 Å². The van der Waals surface area contributed by atoms with Gasteiger partial charge < -0.3 is 69.8 Å². The molecular weight excluding hydrogens is 2140 g/mol. The number of amides is 2. The van der Waals surface area contributed by atoms with Gasteiger partial charge in [-0.25, -0.2) is 42.7 Å². The molecule has 0 bridgehead atoms. The number of carbonyl (C=O) groups excluding carboxylic acids is 2. The van der Waals surface area contributed by atoms with Gasteiger partial charge in [-0.3, -0.25) is 9.59 Å². The molecule has 0 aromatic carbocycles. The second-order valence-electron chi connectivity index (χ2n) is 7.42. The van der Waals surface area contributed by atoms with E-state index >= 15 is 0 Å². The zero-order chi connectivity index (χ0) is 31.6. The van der Waals surface area contributed by atoms with Gasteiger partial charge in [-0.05, 0) is 0 Å². The average Bonchev–Trinajstić information content (AvgIpc) is 2.87. The molecule has 0 heterocycles. The van der Waals surface area contributed by atoms with Gasteiger partial charge in [-0.1, -0.05) is 0 Å². The minimum atomic E-state index is -0.699. The number of nitrogens with two attached hydrogens (primary N) is 2. The number of carbonyl (C=O) groups is 2. The molecule has 8 N–H and O–H groups in total. The average molecular weight is 2190 g/mol. The van der Waals surface area contributed by atoms with Gasteiger partial charge in [0.1, 0.15) is 0 Å². The Balaban J connectivity index is -0.0000000457. The molecule has 0 aromatic heterocycles. The zero-order valence-corrected chi connectivity index (χ0v) is 65.7. The van der Waals surface area contributed by atoms with Crippen LogP contribution in [0.1, 0.15) is 12.8 Å². The van der Waals surface area contributed by atoms with Gasteiger partial charge in [0.15, 0.2) is 0 Å². The molecule has 0 saturated carbocycles. The molecule has 22 heteroatoms. The van der Waals surface area contributed by atoms with E-state index in [1.165, 1.54) is 0 Å². The van der Waals surface area contributed by atoms with Crippen molar-refractivity contribution in [3.8, 4) is 0 Å². The van der Waals surface area contributed by atoms with Crippen LogP contribution < -0.4 is 11.5 Å². The minimum absolute atomic E-state index is 0. The van der Waals surface area contributed by atoms with Crippen LogP contribution in [0.5, 0.6) is 0 Å². The first-order chi connectivity index (χ1) is 18.9. The number of hydrogen-bond donors (Lipinski definition) is 6. The number of ether oxygens (including phenoxy) is 8. The van der Waals surface area contributed by atoms with Gasteiger partial charge in [0.2, 0.25) is 11.8 Å². The third-order valence-electron chi connectivity index (χ3n) is 3.47. The Kier molecular flexibility index (Phi) is 77.7. The van der Waals surface area contributed by atoms with Crippen molar-refractivity contribution in [1.29, 1.82) is 0 Å². The molecule has 0 aliphatic carbocycles. The Morgan fingerprint density at radius 1 is 0.435 bits per heavy atom. The Morgan fingerprint density at radius 2 is 0.609 bits per heavy atom. The van der Waals surface area contributed by atoms with E-state index in [0.717, 1.165) is 0 Å². The van der Waals surface area contributed by atoms with Crippen LogP contribution in [0.25, 0.3) is 0 Å². The summed E-state index contributed by atoms with van der Waals surface area (Å²) in [6, 6.07) is 0. The van der Waals surface area contributed by atoms with E-state index in [1.54, 1.807) is 0 Å². The largest absolute Gasteiger partial charge is 0.553 e. The van der Waals surface area contributed by atoms with Gasteiger partial charge in [-0.15, -0.1) is 0 Å². The molecule has 0 aliphatic rings. The van der Waals surface area contributed by atoms with Crippen molar-refractivity contribution in [1.82, 2.24) is 0 Å². The first-order valence-corrected chi connectivity index (χ1v) is 11.6. The summed E-state index contributed by atoms with van der Waals surface area (Å²) in [5, 5.41) is 35.5. The van der Waals surface area contributed by atoms with Gasteiger partial charge in [0.25, 0.3) is 0 Å². The predicted octanol–water partition coefficient (Wildman–Crippen LogP) is -1.98. The Hall–Kier alpha value is -7.54. The van der Waals surface area contributed by atoms with Crippen LogP contribution in [-0.2, 0) is 47.5 Å². The number of aliphatic hydroxyl groups excluding tert-OH is 4. The van der Waals surface area contributed by atoms with Crippen LogP contribution in [-0.4, -0.2) is 123 Å². The molecule has 0 fully saturated rings. The Labute approximate surface area is 237 Å². The van der Waals surface area contributed by atoms with Crippen LogP contribution >= 0.6 is 0 Å². The van der Waals surface area contributed by atoms with Crippen molar-refractivity contribution in [3.05, 3.63) is 42.7 Å². The quantitative estimate of drug-likeness (QED) is 0.0510. The summed E-state index contributed by atoms with van der Waals surface area (Å²) in [7, 11) is 18.5. The van der Waals surface area contributed by atoms with E-state index < -0.39 is 36.2 Å². The minimum Gasteiger partial charge on any atom is -0.553 e. The van der Waals surface area contributed by atoms with E-state index in [1.807, 2.05) is 0 Å². The van der Waals surface area contributed by atoms with Crippen molar-refractivity contribution in [3.63, 3.8) is 0 Å². The van der Waals surface area contributed by atoms with Crippen LogP contribution in [0.3, 0.4) is 0 Å². The van der Waals surface area contributed by atoms with Crippen LogP contribution in [0.15, 0.2) is 0 Å². The van der Waals surface area contributed by atoms with E-state index in [0.29, 0.717) is 0 Å². The fraction of sp³-hybridized carbons (Fsp3) is 0.667. The van der Waals surface area contributed by atoms with Crippen LogP contribution in [0.4, 0.5) is 0 Å². The molecule has 0 saturated heterocycles. The first-order valence-electron chi connectivity index (χ1n) is 11.6. The predicted molar refractivity (Wildman–Crippen MR) is 141 cm³/mol. The first kappa shape index (κ1) is 66.6. The molecular formula is C24H48N2O14Rf6-6. The van der Waals surface area contributed by atoms with Gasteiger partial charge >= 0.3 is 0 Å². The number of primary amides is 2. The fourth-order valence-corrected chi connectivity index (χ4v) is 1.79. The normalized spacial score (nSPS) is 10.3. The summed E-state index contributed by atoms with van der Waals surface area (Å²) < 4.78 is 36.0. The zero-order valence-electron chi connectivity index (χ0n) is 27.3. The third-order valence-corrected chi connectivity index (χ3v) is 3.47. The smallest absolute Gasteiger partial charge is 0.219 e. The molecule has 0 aromatic rings. The van der Waals surface area contributed by atoms with Gasteiger partial charge in [-0.2, -0.15) is 0 Å². The molecule has 0 aliphatic heterocycles. The summed E-state index contributed by atoms with van der Waals surface area (Å²) in [4.78, 5) is 20.4. The van der Waals surface area contributed by atoms with E-state index in [-0.39, 0.29) is 78.9 Å². The molecule has 256 valence electrons. The number of aliphatic hydroxyl groups is 4. The molecule has 2 unspecified atom stereocenters. The number of hydrogen-bond acceptors (Lipinski definition) is 14. The second-order valence-corrected chi connectivity index (χ2v) is 7.42. The summed E-state index contributed by atoms with van der Waals surface area (Å²) in [5.41, 5.74) is 9.70. The van der Waals surface area contributed by atoms with Gasteiger partial charge in [0, 0.05) is 52.5 Å². The monoisotopic (exact) mass is 2190 g/mol. The maximum atomic E-state index is 10.2. The molecule has 2 amide bonds. The van der Waals surface area contributed by atoms with Crippen LogP contribution in [0, 0.1) is 42.7 Å². The molecule has 0 rings (SSSR count). The van der Waals surface area contributed by atoms with E-state index in [2.05, 4.69) is 71.1 Å². The van der Waals surface area contributed by atoms with E-state index in [4.69, 9.17) is 41.4 Å². The van der Waals surface area contributed by atoms with Crippen molar-refractivity contribution in [2.24, 2.45) is 11.5 Å². The standard InChI is InChI=1S/2C7H14NO4.2C5H10O3.6Rf/c2*1-11-4-6(9)5-12-3-2-7(8)10;2*1-7-3-5(6)4-8-2;;;;;;/h2*6,9H,1-5H2,(H2,8,10);2*5-6H,1-4H2;;;;;;/q2*-1;2*-2;;;;;;. The van der Waals surface area contributed by atoms with Crippen molar-refractivity contribution in [2.75, 3.05) is 66.1 Å². The topological polar surface area (TPSA) is 241 Å². The third kappa shape index (κ3) is 76.6. The summed E-state index contributed by atoms with van der Waals surface area (Å²) in [6.45, 7) is 1.71. The molecule has 0 radical (unpaired) electrons. The molecule has 2 atom stereocenters. The SMILES string of the molecule is [CH2-]OCC(O)COCCC(N)=O.[CH2-]OCC(O)COCCC(N)=O.[CH2-]OCC(O)CO[CH2-].[CH2-]OCC(O)CO[CH2-].[Rf].[Rf].[Rf].[Rf].[Rf].[Rf].